The van der Waals surface area contributed by atoms with Crippen molar-refractivity contribution < 1.29 is 17.9 Å². The first-order valence-corrected chi connectivity index (χ1v) is 14.7. The first-order chi connectivity index (χ1) is 18.5. The monoisotopic (exact) mass is 533 g/mol. The van der Waals surface area contributed by atoms with E-state index < -0.39 is 10.0 Å². The summed E-state index contributed by atoms with van der Waals surface area (Å²) in [5.74, 6) is 0.115. The van der Waals surface area contributed by atoms with Gasteiger partial charge in [-0.2, -0.15) is 4.31 Å². The summed E-state index contributed by atoms with van der Waals surface area (Å²) >= 11 is 0. The minimum atomic E-state index is -3.74. The standard InChI is InChI=1S/C30H35N3O4S/c1-37-27-16-15-26(23-28(27)38(35,36)33-17-9-4-10-18-33)30(34)32-21-19-31(20-22-32)29(24-11-5-2-6-12-24)25-13-7-3-8-14-25/h2-3,5-8,11-16,23,29H,4,9-10,17-22H2,1H3. The Bertz CT molecular complexity index is 1290. The molecule has 0 spiro atoms. The van der Waals surface area contributed by atoms with Crippen molar-refractivity contribution in [2.24, 2.45) is 0 Å². The quantitative estimate of drug-likeness (QED) is 0.450. The van der Waals surface area contributed by atoms with Crippen LogP contribution in [0, 0.1) is 0 Å². The number of carbonyl (C=O) groups is 1. The smallest absolute Gasteiger partial charge is 0.253 e. The van der Waals surface area contributed by atoms with Crippen LogP contribution in [0.15, 0.2) is 83.8 Å². The summed E-state index contributed by atoms with van der Waals surface area (Å²) in [6.07, 6.45) is 2.72. The normalized spacial score (nSPS) is 17.5. The summed E-state index contributed by atoms with van der Waals surface area (Å²) in [4.78, 5) is 17.8. The van der Waals surface area contributed by atoms with E-state index in [4.69, 9.17) is 4.74 Å². The van der Waals surface area contributed by atoms with E-state index >= 15 is 0 Å². The third-order valence-electron chi connectivity index (χ3n) is 7.54. The van der Waals surface area contributed by atoms with Crippen LogP contribution >= 0.6 is 0 Å². The predicted molar refractivity (Wildman–Crippen MR) is 148 cm³/mol. The maximum Gasteiger partial charge on any atom is 0.253 e. The largest absolute Gasteiger partial charge is 0.495 e. The summed E-state index contributed by atoms with van der Waals surface area (Å²) in [5, 5.41) is 0. The maximum absolute atomic E-state index is 13.5. The highest BCUT2D eigenvalue weighted by atomic mass is 32.2. The number of piperazine rings is 1. The lowest BCUT2D eigenvalue weighted by atomic mass is 9.96. The molecule has 2 aliphatic heterocycles. The topological polar surface area (TPSA) is 70.2 Å². The summed E-state index contributed by atoms with van der Waals surface area (Å²) in [5.41, 5.74) is 2.82. The Balaban J connectivity index is 1.34. The molecule has 8 heteroatoms. The van der Waals surface area contributed by atoms with Crippen molar-refractivity contribution in [3.05, 3.63) is 95.6 Å². The van der Waals surface area contributed by atoms with Gasteiger partial charge in [0, 0.05) is 44.8 Å². The molecule has 1 amide bonds. The van der Waals surface area contributed by atoms with Gasteiger partial charge in [0.15, 0.2) is 0 Å². The second kappa shape index (κ2) is 11.7. The van der Waals surface area contributed by atoms with Gasteiger partial charge in [0.25, 0.3) is 5.91 Å². The molecule has 0 aromatic heterocycles. The molecular formula is C30H35N3O4S. The molecule has 2 fully saturated rings. The predicted octanol–water partition coefficient (Wildman–Crippen LogP) is 4.42. The number of sulfonamides is 1. The van der Waals surface area contributed by atoms with Gasteiger partial charge in [0.1, 0.15) is 10.6 Å². The zero-order valence-corrected chi connectivity index (χ0v) is 22.6. The van der Waals surface area contributed by atoms with Crippen LogP contribution < -0.4 is 4.74 Å². The lowest BCUT2D eigenvalue weighted by Gasteiger charge is -2.40. The van der Waals surface area contributed by atoms with Gasteiger partial charge in [-0.05, 0) is 42.2 Å². The summed E-state index contributed by atoms with van der Waals surface area (Å²) in [6, 6.07) is 25.8. The molecule has 0 saturated carbocycles. The minimum Gasteiger partial charge on any atom is -0.495 e. The maximum atomic E-state index is 13.5. The van der Waals surface area contributed by atoms with E-state index in [2.05, 4.69) is 53.4 Å². The van der Waals surface area contributed by atoms with Gasteiger partial charge < -0.3 is 9.64 Å². The van der Waals surface area contributed by atoms with Crippen LogP contribution in [0.5, 0.6) is 5.75 Å². The van der Waals surface area contributed by atoms with Crippen molar-refractivity contribution in [1.82, 2.24) is 14.1 Å². The van der Waals surface area contributed by atoms with Crippen LogP contribution in [-0.4, -0.2) is 74.8 Å². The van der Waals surface area contributed by atoms with Crippen LogP contribution in [0.2, 0.25) is 0 Å². The lowest BCUT2D eigenvalue weighted by Crippen LogP contribution is -2.49. The van der Waals surface area contributed by atoms with Crippen molar-refractivity contribution >= 4 is 15.9 Å². The zero-order chi connectivity index (χ0) is 26.5. The van der Waals surface area contributed by atoms with Crippen LogP contribution in [0.3, 0.4) is 0 Å². The van der Waals surface area contributed by atoms with Gasteiger partial charge in [-0.1, -0.05) is 67.1 Å². The lowest BCUT2D eigenvalue weighted by molar-refractivity contribution is 0.0597. The minimum absolute atomic E-state index is 0.0691. The number of nitrogens with zero attached hydrogens (tertiary/aromatic N) is 3. The van der Waals surface area contributed by atoms with Gasteiger partial charge in [-0.25, -0.2) is 8.42 Å². The van der Waals surface area contributed by atoms with E-state index in [-0.39, 0.29) is 22.6 Å². The Morgan fingerprint density at radius 3 is 1.89 bits per heavy atom. The molecule has 2 saturated heterocycles. The molecule has 3 aromatic rings. The molecule has 2 aliphatic rings. The molecule has 0 atom stereocenters. The molecule has 3 aromatic carbocycles. The van der Waals surface area contributed by atoms with Crippen LogP contribution in [0.1, 0.15) is 46.8 Å². The van der Waals surface area contributed by atoms with Crippen LogP contribution in [-0.2, 0) is 10.0 Å². The molecule has 0 aliphatic carbocycles. The highest BCUT2D eigenvalue weighted by molar-refractivity contribution is 7.89. The number of hydrogen-bond donors (Lipinski definition) is 0. The molecule has 5 rings (SSSR count). The molecule has 0 unspecified atom stereocenters. The Hall–Kier alpha value is -3.20. The molecule has 7 nitrogen and oxygen atoms in total. The average Bonchev–Trinajstić information content (AvgIpc) is 2.98. The van der Waals surface area contributed by atoms with Crippen LogP contribution in [0.4, 0.5) is 0 Å². The van der Waals surface area contributed by atoms with Gasteiger partial charge in [-0.3, -0.25) is 9.69 Å². The molecule has 0 N–H and O–H groups in total. The van der Waals surface area contributed by atoms with E-state index in [1.54, 1.807) is 12.1 Å². The van der Waals surface area contributed by atoms with E-state index in [0.717, 1.165) is 32.4 Å². The molecule has 200 valence electrons. The third-order valence-corrected chi connectivity index (χ3v) is 9.46. The second-order valence-corrected chi connectivity index (χ2v) is 11.8. The SMILES string of the molecule is COc1ccc(C(=O)N2CCN(C(c3ccccc3)c3ccccc3)CC2)cc1S(=O)(=O)N1CCCCC1. The van der Waals surface area contributed by atoms with Crippen molar-refractivity contribution in [3.63, 3.8) is 0 Å². The number of ether oxygens (including phenoxy) is 1. The molecular weight excluding hydrogens is 498 g/mol. The summed E-state index contributed by atoms with van der Waals surface area (Å²) < 4.78 is 33.7. The number of carbonyl (C=O) groups excluding carboxylic acids is 1. The van der Waals surface area contributed by atoms with E-state index in [1.807, 2.05) is 17.0 Å². The van der Waals surface area contributed by atoms with Gasteiger partial charge >= 0.3 is 0 Å². The van der Waals surface area contributed by atoms with Gasteiger partial charge in [0.05, 0.1) is 13.2 Å². The number of piperidine rings is 1. The number of amides is 1. The van der Waals surface area contributed by atoms with E-state index in [9.17, 15) is 13.2 Å². The van der Waals surface area contributed by atoms with Crippen molar-refractivity contribution in [1.29, 1.82) is 0 Å². The number of methoxy groups -OCH3 is 1. The van der Waals surface area contributed by atoms with E-state index in [0.29, 0.717) is 31.7 Å². The first-order valence-electron chi connectivity index (χ1n) is 13.3. The van der Waals surface area contributed by atoms with Gasteiger partial charge in [0.2, 0.25) is 10.0 Å². The molecule has 0 radical (unpaired) electrons. The fourth-order valence-electron chi connectivity index (χ4n) is 5.51. The Morgan fingerprint density at radius 1 is 0.763 bits per heavy atom. The number of hydrogen-bond acceptors (Lipinski definition) is 5. The van der Waals surface area contributed by atoms with Crippen molar-refractivity contribution in [2.75, 3.05) is 46.4 Å². The fraction of sp³-hybridized carbons (Fsp3) is 0.367. The summed E-state index contributed by atoms with van der Waals surface area (Å²) in [6.45, 7) is 3.56. The van der Waals surface area contributed by atoms with Crippen molar-refractivity contribution in [3.8, 4) is 5.75 Å². The molecule has 0 bridgehead atoms. The van der Waals surface area contributed by atoms with Gasteiger partial charge in [-0.15, -0.1) is 0 Å². The fourth-order valence-corrected chi connectivity index (χ4v) is 7.20. The van der Waals surface area contributed by atoms with Crippen molar-refractivity contribution in [2.45, 2.75) is 30.2 Å². The Morgan fingerprint density at radius 2 is 1.34 bits per heavy atom. The third kappa shape index (κ3) is 5.48. The highest BCUT2D eigenvalue weighted by Gasteiger charge is 2.32. The number of rotatable bonds is 7. The molecule has 38 heavy (non-hydrogen) atoms. The zero-order valence-electron chi connectivity index (χ0n) is 21.8. The second-order valence-electron chi connectivity index (χ2n) is 9.88. The van der Waals surface area contributed by atoms with E-state index in [1.165, 1.54) is 28.6 Å². The Kier molecular flexibility index (Phi) is 8.12. The highest BCUT2D eigenvalue weighted by Crippen LogP contribution is 2.32. The first kappa shape index (κ1) is 26.4. The van der Waals surface area contributed by atoms with Crippen LogP contribution in [0.25, 0.3) is 0 Å². The summed E-state index contributed by atoms with van der Waals surface area (Å²) in [7, 11) is -2.28. The molecule has 2 heterocycles. The Labute approximate surface area is 225 Å². The number of benzene rings is 3. The average molecular weight is 534 g/mol.